The molecule has 0 fully saturated rings. The highest BCUT2D eigenvalue weighted by Gasteiger charge is 2.18. The van der Waals surface area contributed by atoms with Gasteiger partial charge in [-0.3, -0.25) is 14.9 Å². The Morgan fingerprint density at radius 2 is 2.10 bits per heavy atom. The molecule has 110 valence electrons. The number of nitrogens with zero attached hydrogens (tertiary/aromatic N) is 1. The number of benzene rings is 1. The van der Waals surface area contributed by atoms with Gasteiger partial charge in [-0.2, -0.15) is 4.39 Å². The Morgan fingerprint density at radius 3 is 2.55 bits per heavy atom. The number of carbonyl (C=O) groups is 1. The van der Waals surface area contributed by atoms with Crippen LogP contribution in [-0.4, -0.2) is 37.3 Å². The summed E-state index contributed by atoms with van der Waals surface area (Å²) in [5, 5.41) is 12.8. The third kappa shape index (κ3) is 4.57. The van der Waals surface area contributed by atoms with Crippen LogP contribution in [0.3, 0.4) is 0 Å². The van der Waals surface area contributed by atoms with Crippen LogP contribution < -0.4 is 5.32 Å². The molecule has 1 N–H and O–H groups in total. The number of hydrogen-bond donors (Lipinski definition) is 1. The van der Waals surface area contributed by atoms with Crippen molar-refractivity contribution in [3.05, 3.63) is 39.7 Å². The molecule has 20 heavy (non-hydrogen) atoms. The molecule has 9 heteroatoms. The minimum Gasteiger partial charge on any atom is -0.349 e. The molecule has 1 rings (SSSR count). The Balaban J connectivity index is 2.83. The molecule has 0 radical (unpaired) electrons. The molecular formula is C11H13FN2O5S. The van der Waals surface area contributed by atoms with Crippen LogP contribution >= 0.6 is 0 Å². The van der Waals surface area contributed by atoms with Gasteiger partial charge in [-0.15, -0.1) is 0 Å². The number of sulfone groups is 1. The fraction of sp³-hybridized carbons (Fsp3) is 0.364. The minimum absolute atomic E-state index is 0.117. The summed E-state index contributed by atoms with van der Waals surface area (Å²) in [6.07, 6.45) is 1.03. The Morgan fingerprint density at radius 1 is 1.50 bits per heavy atom. The molecule has 7 nitrogen and oxygen atoms in total. The van der Waals surface area contributed by atoms with Gasteiger partial charge in [0.05, 0.1) is 10.7 Å². The van der Waals surface area contributed by atoms with Crippen LogP contribution in [0.2, 0.25) is 0 Å². The normalized spacial score (nSPS) is 12.8. The van der Waals surface area contributed by atoms with Crippen molar-refractivity contribution in [3.63, 3.8) is 0 Å². The van der Waals surface area contributed by atoms with Crippen molar-refractivity contribution in [2.24, 2.45) is 0 Å². The van der Waals surface area contributed by atoms with E-state index < -0.39 is 38.2 Å². The van der Waals surface area contributed by atoms with E-state index >= 15 is 0 Å². The Hall–Kier alpha value is -2.03. The van der Waals surface area contributed by atoms with Gasteiger partial charge in [-0.05, 0) is 19.1 Å². The van der Waals surface area contributed by atoms with E-state index in [9.17, 15) is 27.7 Å². The van der Waals surface area contributed by atoms with Crippen molar-refractivity contribution in [1.29, 1.82) is 0 Å². The summed E-state index contributed by atoms with van der Waals surface area (Å²) in [5.74, 6) is -2.08. The first-order chi connectivity index (χ1) is 9.10. The molecule has 1 amide bonds. The molecule has 1 atom stereocenters. The van der Waals surface area contributed by atoms with Crippen LogP contribution in [0.15, 0.2) is 18.2 Å². The standard InChI is InChI=1S/C11H13FN2O5S/c1-7(6-20(2,18)19)13-11(15)8-3-4-10(14(16)17)9(12)5-8/h3-5,7H,6H2,1-2H3,(H,13,15). The fourth-order valence-electron chi connectivity index (χ4n) is 1.60. The number of halogens is 1. The molecule has 0 saturated carbocycles. The zero-order valence-electron chi connectivity index (χ0n) is 10.8. The van der Waals surface area contributed by atoms with E-state index in [2.05, 4.69) is 5.32 Å². The molecule has 0 spiro atoms. The number of nitrogens with one attached hydrogen (secondary N) is 1. The van der Waals surface area contributed by atoms with Gasteiger partial charge >= 0.3 is 5.69 Å². The predicted octanol–water partition coefficient (Wildman–Crippen LogP) is 0.897. The average molecular weight is 304 g/mol. The highest BCUT2D eigenvalue weighted by Crippen LogP contribution is 2.17. The van der Waals surface area contributed by atoms with E-state index in [0.29, 0.717) is 0 Å². The van der Waals surface area contributed by atoms with Crippen LogP contribution in [0.4, 0.5) is 10.1 Å². The van der Waals surface area contributed by atoms with E-state index in [1.165, 1.54) is 6.92 Å². The molecular weight excluding hydrogens is 291 g/mol. The van der Waals surface area contributed by atoms with E-state index in [4.69, 9.17) is 0 Å². The van der Waals surface area contributed by atoms with Gasteiger partial charge in [0.15, 0.2) is 0 Å². The maximum Gasteiger partial charge on any atom is 0.304 e. The van der Waals surface area contributed by atoms with Gasteiger partial charge < -0.3 is 5.32 Å². The highest BCUT2D eigenvalue weighted by atomic mass is 32.2. The number of amides is 1. The molecule has 0 aliphatic carbocycles. The van der Waals surface area contributed by atoms with E-state index in [0.717, 1.165) is 24.5 Å². The van der Waals surface area contributed by atoms with E-state index in [1.54, 1.807) is 0 Å². The van der Waals surface area contributed by atoms with Crippen LogP contribution in [-0.2, 0) is 9.84 Å². The van der Waals surface area contributed by atoms with Crippen molar-refractivity contribution in [1.82, 2.24) is 5.32 Å². The molecule has 1 aromatic carbocycles. The largest absolute Gasteiger partial charge is 0.349 e. The van der Waals surface area contributed by atoms with E-state index in [1.807, 2.05) is 0 Å². The summed E-state index contributed by atoms with van der Waals surface area (Å²) in [6, 6.07) is 2.06. The average Bonchev–Trinajstić information content (AvgIpc) is 2.25. The quantitative estimate of drug-likeness (QED) is 0.642. The summed E-state index contributed by atoms with van der Waals surface area (Å²) in [7, 11) is -3.26. The first kappa shape index (κ1) is 16.0. The number of nitro groups is 1. The Labute approximate surface area is 114 Å². The molecule has 0 bridgehead atoms. The summed E-state index contributed by atoms with van der Waals surface area (Å²) < 4.78 is 35.4. The topological polar surface area (TPSA) is 106 Å². The van der Waals surface area contributed by atoms with Gasteiger partial charge in [0, 0.05) is 23.9 Å². The van der Waals surface area contributed by atoms with Crippen molar-refractivity contribution in [3.8, 4) is 0 Å². The Kier molecular flexibility index (Phi) is 4.77. The van der Waals surface area contributed by atoms with Crippen molar-refractivity contribution < 1.29 is 22.5 Å². The zero-order valence-corrected chi connectivity index (χ0v) is 11.6. The maximum absolute atomic E-state index is 13.4. The molecule has 1 aromatic rings. The second-order valence-electron chi connectivity index (χ2n) is 4.39. The minimum atomic E-state index is -3.26. The van der Waals surface area contributed by atoms with Crippen molar-refractivity contribution in [2.75, 3.05) is 12.0 Å². The lowest BCUT2D eigenvalue weighted by molar-refractivity contribution is -0.387. The van der Waals surface area contributed by atoms with Gasteiger partial charge in [0.25, 0.3) is 5.91 Å². The van der Waals surface area contributed by atoms with Gasteiger partial charge in [0.2, 0.25) is 5.82 Å². The number of carbonyl (C=O) groups excluding carboxylic acids is 1. The highest BCUT2D eigenvalue weighted by molar-refractivity contribution is 7.90. The van der Waals surface area contributed by atoms with Gasteiger partial charge in [-0.25, -0.2) is 8.42 Å². The van der Waals surface area contributed by atoms with Gasteiger partial charge in [-0.1, -0.05) is 0 Å². The van der Waals surface area contributed by atoms with Crippen molar-refractivity contribution in [2.45, 2.75) is 13.0 Å². The van der Waals surface area contributed by atoms with Gasteiger partial charge in [0.1, 0.15) is 9.84 Å². The zero-order chi connectivity index (χ0) is 15.5. The second-order valence-corrected chi connectivity index (χ2v) is 6.58. The lowest BCUT2D eigenvalue weighted by atomic mass is 10.2. The SMILES string of the molecule is CC(CS(C)(=O)=O)NC(=O)c1ccc([N+](=O)[O-])c(F)c1. The summed E-state index contributed by atoms with van der Waals surface area (Å²) in [6.45, 7) is 1.49. The van der Waals surface area contributed by atoms with Crippen LogP contribution in [0.1, 0.15) is 17.3 Å². The summed E-state index contributed by atoms with van der Waals surface area (Å²) in [4.78, 5) is 21.3. The molecule has 0 saturated heterocycles. The molecule has 0 aromatic heterocycles. The lowest BCUT2D eigenvalue weighted by Crippen LogP contribution is -2.37. The number of nitro benzene ring substituents is 1. The number of hydrogen-bond acceptors (Lipinski definition) is 5. The summed E-state index contributed by atoms with van der Waals surface area (Å²) >= 11 is 0. The smallest absolute Gasteiger partial charge is 0.304 e. The maximum atomic E-state index is 13.4. The van der Waals surface area contributed by atoms with Crippen LogP contribution in [0.5, 0.6) is 0 Å². The van der Waals surface area contributed by atoms with Crippen molar-refractivity contribution >= 4 is 21.4 Å². The second kappa shape index (κ2) is 5.95. The lowest BCUT2D eigenvalue weighted by Gasteiger charge is -2.12. The third-order valence-corrected chi connectivity index (χ3v) is 3.44. The van der Waals surface area contributed by atoms with E-state index in [-0.39, 0.29) is 11.3 Å². The monoisotopic (exact) mass is 304 g/mol. The molecule has 0 aliphatic heterocycles. The predicted molar refractivity (Wildman–Crippen MR) is 69.7 cm³/mol. The van der Waals surface area contributed by atoms with Crippen LogP contribution in [0, 0.1) is 15.9 Å². The summed E-state index contributed by atoms with van der Waals surface area (Å²) in [5.41, 5.74) is -0.848. The fourth-order valence-corrected chi connectivity index (χ4v) is 2.59. The molecule has 1 unspecified atom stereocenters. The molecule has 0 heterocycles. The first-order valence-corrected chi connectivity index (χ1v) is 7.58. The first-order valence-electron chi connectivity index (χ1n) is 5.52. The molecule has 0 aliphatic rings. The Bertz CT molecular complexity index is 644. The third-order valence-electron chi connectivity index (χ3n) is 2.34. The van der Waals surface area contributed by atoms with Crippen LogP contribution in [0.25, 0.3) is 0 Å². The number of rotatable bonds is 5.